The smallest absolute Gasteiger partial charge is 0.306 e. The molecule has 0 aromatic carbocycles. The highest BCUT2D eigenvalue weighted by molar-refractivity contribution is 5.71. The molecular weight excluding hydrogens is 985 g/mol. The molecule has 0 heterocycles. The molecule has 0 aliphatic heterocycles. The number of ether oxygens (including phenoxy) is 3. The molecule has 0 bridgehead atoms. The van der Waals surface area contributed by atoms with E-state index in [0.717, 1.165) is 161 Å². The summed E-state index contributed by atoms with van der Waals surface area (Å²) in [5.74, 6) is -0.927. The SMILES string of the molecule is CC/C=C\C/C=C\C/C=C\C/C=C\C/C=C\C/C=C\C/C=C\C/C=C\CCCCCCCCC(=O)OCC(COC(=O)CCCCCCC/C=C\CCCCCCC)OC(=O)CCCCCCCCC/C=C\C/C=C\C/C=C\CC. The van der Waals surface area contributed by atoms with Gasteiger partial charge in [0.2, 0.25) is 0 Å². The van der Waals surface area contributed by atoms with Crippen molar-refractivity contribution < 1.29 is 28.6 Å². The number of hydrogen-bond donors (Lipinski definition) is 0. The molecule has 0 saturated carbocycles. The van der Waals surface area contributed by atoms with Gasteiger partial charge in [0, 0.05) is 19.3 Å². The summed E-state index contributed by atoms with van der Waals surface area (Å²) in [5.41, 5.74) is 0. The van der Waals surface area contributed by atoms with E-state index in [4.69, 9.17) is 14.2 Å². The summed E-state index contributed by atoms with van der Waals surface area (Å²) in [6.07, 6.45) is 95.6. The Morgan fingerprint density at radius 1 is 0.263 bits per heavy atom. The van der Waals surface area contributed by atoms with Gasteiger partial charge in [-0.1, -0.05) is 269 Å². The lowest BCUT2D eigenvalue weighted by Crippen LogP contribution is -2.30. The Hall–Kier alpha value is -4.71. The quantitative estimate of drug-likeness (QED) is 0.0261. The number of allylic oxidation sites excluding steroid dienone is 24. The van der Waals surface area contributed by atoms with Crippen LogP contribution in [0, 0.1) is 0 Å². The highest BCUT2D eigenvalue weighted by Crippen LogP contribution is 2.15. The molecule has 6 heteroatoms. The van der Waals surface area contributed by atoms with Gasteiger partial charge in [0.1, 0.15) is 13.2 Å². The minimum absolute atomic E-state index is 0.0950. The van der Waals surface area contributed by atoms with Crippen molar-refractivity contribution in [1.82, 2.24) is 0 Å². The standard InChI is InChI=1S/C74H120O6/c1-4-7-10-13-16-19-22-25-28-30-31-32-33-34-35-36-37-38-39-40-41-42-43-45-46-49-52-55-58-61-64-67-73(76)79-70-71(69-78-72(75)66-63-60-57-54-51-48-27-24-21-18-15-12-9-6-3)80-74(77)68-65-62-59-56-53-50-47-44-29-26-23-20-17-14-11-8-5-2/h7-8,10-11,16-17,19-20,24-29,31-32,34-35,37-38,40-41,43,45,71H,4-6,9,12-15,18,21-23,30,33,36,39,42,44,46-70H2,1-3H3/b10-7-,11-8-,19-16-,20-17-,27-24-,28-25-,29-26-,32-31-,35-34-,38-37-,41-40-,45-43-. The van der Waals surface area contributed by atoms with Crippen LogP contribution in [0.2, 0.25) is 0 Å². The Balaban J connectivity index is 4.37. The van der Waals surface area contributed by atoms with Crippen LogP contribution in [0.5, 0.6) is 0 Å². The minimum atomic E-state index is -0.800. The number of rotatable bonds is 58. The Morgan fingerprint density at radius 3 is 0.775 bits per heavy atom. The normalized spacial score (nSPS) is 13.1. The van der Waals surface area contributed by atoms with Crippen molar-refractivity contribution in [3.05, 3.63) is 146 Å². The van der Waals surface area contributed by atoms with Gasteiger partial charge >= 0.3 is 17.9 Å². The maximum Gasteiger partial charge on any atom is 0.306 e. The molecule has 80 heavy (non-hydrogen) atoms. The average Bonchev–Trinajstić information content (AvgIpc) is 3.46. The van der Waals surface area contributed by atoms with E-state index < -0.39 is 6.10 Å². The van der Waals surface area contributed by atoms with Gasteiger partial charge in [-0.3, -0.25) is 14.4 Å². The Bertz CT molecular complexity index is 1750. The van der Waals surface area contributed by atoms with Crippen molar-refractivity contribution >= 4 is 17.9 Å². The van der Waals surface area contributed by atoms with E-state index in [1.54, 1.807) is 0 Å². The molecule has 0 fully saturated rings. The maximum atomic E-state index is 12.9. The fourth-order valence-corrected chi connectivity index (χ4v) is 8.70. The van der Waals surface area contributed by atoms with Gasteiger partial charge in [-0.2, -0.15) is 0 Å². The molecule has 1 atom stereocenters. The zero-order chi connectivity index (χ0) is 57.8. The van der Waals surface area contributed by atoms with Crippen LogP contribution in [0.25, 0.3) is 0 Å². The van der Waals surface area contributed by atoms with E-state index in [9.17, 15) is 14.4 Å². The summed E-state index contributed by atoms with van der Waals surface area (Å²) in [5, 5.41) is 0. The second-order valence-corrected chi connectivity index (χ2v) is 21.3. The molecule has 1 unspecified atom stereocenters. The second kappa shape index (κ2) is 66.8. The van der Waals surface area contributed by atoms with Crippen LogP contribution in [0.1, 0.15) is 284 Å². The van der Waals surface area contributed by atoms with Crippen molar-refractivity contribution in [3.8, 4) is 0 Å². The zero-order valence-corrected chi connectivity index (χ0v) is 51.8. The lowest BCUT2D eigenvalue weighted by atomic mass is 10.1. The molecule has 0 aliphatic carbocycles. The average molecular weight is 1110 g/mol. The summed E-state index contributed by atoms with van der Waals surface area (Å²) < 4.78 is 16.9. The Morgan fingerprint density at radius 2 is 0.487 bits per heavy atom. The van der Waals surface area contributed by atoms with Gasteiger partial charge in [0.05, 0.1) is 0 Å². The predicted octanol–water partition coefficient (Wildman–Crippen LogP) is 22.7. The Kier molecular flexibility index (Phi) is 62.9. The third-order valence-corrected chi connectivity index (χ3v) is 13.6. The number of hydrogen-bond acceptors (Lipinski definition) is 6. The van der Waals surface area contributed by atoms with E-state index in [0.29, 0.717) is 19.3 Å². The molecule has 0 N–H and O–H groups in total. The summed E-state index contributed by atoms with van der Waals surface area (Å²) in [4.78, 5) is 38.3. The van der Waals surface area contributed by atoms with Gasteiger partial charge in [-0.15, -0.1) is 0 Å². The second-order valence-electron chi connectivity index (χ2n) is 21.3. The van der Waals surface area contributed by atoms with Crippen molar-refractivity contribution in [2.24, 2.45) is 0 Å². The molecule has 0 aromatic rings. The number of unbranched alkanes of at least 4 members (excludes halogenated alkanes) is 23. The van der Waals surface area contributed by atoms with Crippen LogP contribution in [-0.4, -0.2) is 37.2 Å². The first-order chi connectivity index (χ1) is 39.5. The summed E-state index contributed by atoms with van der Waals surface area (Å²) in [7, 11) is 0. The van der Waals surface area contributed by atoms with Crippen molar-refractivity contribution in [3.63, 3.8) is 0 Å². The number of esters is 3. The van der Waals surface area contributed by atoms with Crippen LogP contribution < -0.4 is 0 Å². The number of carbonyl (C=O) groups excluding carboxylic acids is 3. The molecule has 0 aromatic heterocycles. The molecular formula is C74H120O6. The highest BCUT2D eigenvalue weighted by Gasteiger charge is 2.19. The van der Waals surface area contributed by atoms with Crippen molar-refractivity contribution in [2.75, 3.05) is 13.2 Å². The van der Waals surface area contributed by atoms with E-state index in [1.807, 2.05) is 0 Å². The monoisotopic (exact) mass is 1100 g/mol. The van der Waals surface area contributed by atoms with E-state index in [-0.39, 0.29) is 31.1 Å². The topological polar surface area (TPSA) is 78.9 Å². The molecule has 0 aliphatic rings. The molecule has 6 nitrogen and oxygen atoms in total. The van der Waals surface area contributed by atoms with Crippen LogP contribution in [0.15, 0.2) is 146 Å². The molecule has 452 valence electrons. The van der Waals surface area contributed by atoms with Crippen LogP contribution in [-0.2, 0) is 28.6 Å². The highest BCUT2D eigenvalue weighted by atomic mass is 16.6. The fraction of sp³-hybridized carbons (Fsp3) is 0.635. The van der Waals surface area contributed by atoms with E-state index in [1.165, 1.54) is 83.5 Å². The van der Waals surface area contributed by atoms with Gasteiger partial charge in [-0.05, 0) is 141 Å². The van der Waals surface area contributed by atoms with E-state index >= 15 is 0 Å². The van der Waals surface area contributed by atoms with Gasteiger partial charge in [-0.25, -0.2) is 0 Å². The third kappa shape index (κ3) is 64.1. The summed E-state index contributed by atoms with van der Waals surface area (Å²) >= 11 is 0. The molecule has 0 rings (SSSR count). The van der Waals surface area contributed by atoms with Gasteiger partial charge < -0.3 is 14.2 Å². The van der Waals surface area contributed by atoms with Gasteiger partial charge in [0.25, 0.3) is 0 Å². The third-order valence-electron chi connectivity index (χ3n) is 13.6. The lowest BCUT2D eigenvalue weighted by molar-refractivity contribution is -0.167. The Labute approximate surface area is 493 Å². The first-order valence-corrected chi connectivity index (χ1v) is 32.8. The van der Waals surface area contributed by atoms with Crippen LogP contribution >= 0.6 is 0 Å². The van der Waals surface area contributed by atoms with Gasteiger partial charge in [0.15, 0.2) is 6.10 Å². The van der Waals surface area contributed by atoms with Crippen LogP contribution in [0.3, 0.4) is 0 Å². The fourth-order valence-electron chi connectivity index (χ4n) is 8.70. The van der Waals surface area contributed by atoms with Crippen LogP contribution in [0.4, 0.5) is 0 Å². The molecule has 0 spiro atoms. The lowest BCUT2D eigenvalue weighted by Gasteiger charge is -2.18. The largest absolute Gasteiger partial charge is 0.462 e. The predicted molar refractivity (Wildman–Crippen MR) is 348 cm³/mol. The van der Waals surface area contributed by atoms with Crippen molar-refractivity contribution in [2.45, 2.75) is 290 Å². The summed E-state index contributed by atoms with van der Waals surface area (Å²) in [6, 6.07) is 0. The molecule has 0 radical (unpaired) electrons. The molecule has 0 saturated heterocycles. The maximum absolute atomic E-state index is 12.9. The minimum Gasteiger partial charge on any atom is -0.462 e. The van der Waals surface area contributed by atoms with Crippen molar-refractivity contribution in [1.29, 1.82) is 0 Å². The van der Waals surface area contributed by atoms with E-state index in [2.05, 4.69) is 167 Å². The number of carbonyl (C=O) groups is 3. The first-order valence-electron chi connectivity index (χ1n) is 32.8. The zero-order valence-electron chi connectivity index (χ0n) is 51.8. The first kappa shape index (κ1) is 75.3. The summed E-state index contributed by atoms with van der Waals surface area (Å²) in [6.45, 7) is 6.38. The molecule has 0 amide bonds.